The Morgan fingerprint density at radius 3 is 2.33 bits per heavy atom. The van der Waals surface area contributed by atoms with Crippen LogP contribution in [-0.4, -0.2) is 29.1 Å². The van der Waals surface area contributed by atoms with Gasteiger partial charge in [0, 0.05) is 5.02 Å². The van der Waals surface area contributed by atoms with Crippen LogP contribution in [0.25, 0.3) is 5.57 Å². The number of hydrogen-bond acceptors (Lipinski definition) is 4. The molecule has 1 aliphatic heterocycles. The normalized spacial score (nSPS) is 14.3. The molecule has 3 rings (SSSR count). The number of carbonyl (C=O) groups is 2. The third kappa shape index (κ3) is 4.04. The average Bonchev–Trinajstić information content (AvgIpc) is 2.89. The lowest BCUT2D eigenvalue weighted by atomic mass is 10.1. The molecule has 0 radical (unpaired) electrons. The predicted octanol–water partition coefficient (Wildman–Crippen LogP) is 4.77. The summed E-state index contributed by atoms with van der Waals surface area (Å²) in [5.41, 5.74) is 1.91. The highest BCUT2D eigenvalue weighted by atomic mass is 35.5. The molecule has 27 heavy (non-hydrogen) atoms. The lowest BCUT2D eigenvalue weighted by molar-refractivity contribution is -0.137. The van der Waals surface area contributed by atoms with Gasteiger partial charge in [-0.25, -0.2) is 0 Å². The van der Waals surface area contributed by atoms with Crippen LogP contribution in [0.3, 0.4) is 0 Å². The van der Waals surface area contributed by atoms with Gasteiger partial charge in [-0.1, -0.05) is 48.9 Å². The van der Waals surface area contributed by atoms with Gasteiger partial charge in [-0.3, -0.25) is 14.5 Å². The molecule has 2 aromatic carbocycles. The highest BCUT2D eigenvalue weighted by Gasteiger charge is 2.39. The fourth-order valence-electron chi connectivity index (χ4n) is 2.91. The first-order valence-corrected chi connectivity index (χ1v) is 10.1. The van der Waals surface area contributed by atoms with Gasteiger partial charge in [0.05, 0.1) is 23.6 Å². The number of amides is 2. The van der Waals surface area contributed by atoms with Crippen molar-refractivity contribution in [3.63, 3.8) is 0 Å². The van der Waals surface area contributed by atoms with Crippen LogP contribution in [0.15, 0.2) is 53.4 Å². The van der Waals surface area contributed by atoms with E-state index >= 15 is 0 Å². The van der Waals surface area contributed by atoms with E-state index < -0.39 is 0 Å². The summed E-state index contributed by atoms with van der Waals surface area (Å²) in [6.07, 6.45) is 0. The van der Waals surface area contributed by atoms with E-state index in [2.05, 4.69) is 0 Å². The third-order valence-corrected chi connectivity index (χ3v) is 5.48. The molecule has 140 valence electrons. The minimum atomic E-state index is -0.292. The molecular formula is C21H20ClNO3S. The second-order valence-electron chi connectivity index (χ2n) is 5.88. The number of carbonyl (C=O) groups excluding carboxylic acids is 2. The maximum absolute atomic E-state index is 13.1. The first-order chi connectivity index (χ1) is 13.1. The summed E-state index contributed by atoms with van der Waals surface area (Å²) >= 11 is 7.60. The Labute approximate surface area is 168 Å². The van der Waals surface area contributed by atoms with Gasteiger partial charge in [0.1, 0.15) is 5.75 Å². The van der Waals surface area contributed by atoms with E-state index in [9.17, 15) is 9.59 Å². The number of imide groups is 1. The first-order valence-electron chi connectivity index (χ1n) is 8.76. The van der Waals surface area contributed by atoms with E-state index in [-0.39, 0.29) is 18.4 Å². The van der Waals surface area contributed by atoms with E-state index in [4.69, 9.17) is 16.3 Å². The molecule has 0 fully saturated rings. The van der Waals surface area contributed by atoms with Crippen molar-refractivity contribution in [1.29, 1.82) is 0 Å². The molecule has 0 bridgehead atoms. The number of nitrogens with zero attached hydrogens (tertiary/aromatic N) is 1. The summed E-state index contributed by atoms with van der Waals surface area (Å²) in [5.74, 6) is 0.876. The first kappa shape index (κ1) is 19.5. The molecule has 0 saturated heterocycles. The lowest BCUT2D eigenvalue weighted by Crippen LogP contribution is -2.31. The Kier molecular flexibility index (Phi) is 6.24. The Morgan fingerprint density at radius 2 is 1.70 bits per heavy atom. The summed E-state index contributed by atoms with van der Waals surface area (Å²) in [7, 11) is 0. The van der Waals surface area contributed by atoms with Gasteiger partial charge in [0.15, 0.2) is 0 Å². The quantitative estimate of drug-likeness (QED) is 0.627. The topological polar surface area (TPSA) is 46.6 Å². The van der Waals surface area contributed by atoms with Crippen LogP contribution in [0.4, 0.5) is 0 Å². The van der Waals surface area contributed by atoms with Crippen molar-refractivity contribution in [3.8, 4) is 5.75 Å². The van der Waals surface area contributed by atoms with Gasteiger partial charge >= 0.3 is 0 Å². The molecule has 0 spiro atoms. The second kappa shape index (κ2) is 8.63. The van der Waals surface area contributed by atoms with Crippen molar-refractivity contribution in [2.24, 2.45) is 0 Å². The molecule has 0 N–H and O–H groups in total. The lowest BCUT2D eigenvalue weighted by Gasteiger charge is -2.16. The smallest absolute Gasteiger partial charge is 0.268 e. The Hall–Kier alpha value is -2.24. The molecule has 1 aliphatic rings. The zero-order valence-corrected chi connectivity index (χ0v) is 16.8. The molecule has 1 heterocycles. The van der Waals surface area contributed by atoms with Gasteiger partial charge in [0.25, 0.3) is 11.8 Å². The van der Waals surface area contributed by atoms with Crippen molar-refractivity contribution in [2.75, 3.05) is 12.4 Å². The summed E-state index contributed by atoms with van der Waals surface area (Å²) in [6.45, 7) is 4.60. The van der Waals surface area contributed by atoms with E-state index in [0.29, 0.717) is 27.9 Å². The number of hydrogen-bond donors (Lipinski definition) is 0. The molecule has 0 atom stereocenters. The molecule has 4 nitrogen and oxygen atoms in total. The molecule has 6 heteroatoms. The monoisotopic (exact) mass is 401 g/mol. The van der Waals surface area contributed by atoms with Crippen molar-refractivity contribution in [2.45, 2.75) is 20.4 Å². The van der Waals surface area contributed by atoms with Crippen molar-refractivity contribution >= 4 is 40.8 Å². The van der Waals surface area contributed by atoms with Crippen LogP contribution in [0.2, 0.25) is 5.02 Å². The van der Waals surface area contributed by atoms with Gasteiger partial charge < -0.3 is 4.74 Å². The minimum absolute atomic E-state index is 0.158. The molecule has 2 aromatic rings. The van der Waals surface area contributed by atoms with Crippen LogP contribution < -0.4 is 4.74 Å². The largest absolute Gasteiger partial charge is 0.494 e. The third-order valence-electron chi connectivity index (χ3n) is 4.15. The van der Waals surface area contributed by atoms with Crippen molar-refractivity contribution in [3.05, 3.63) is 69.6 Å². The highest BCUT2D eigenvalue weighted by molar-refractivity contribution is 8.04. The molecular weight excluding hydrogens is 382 g/mol. The fourth-order valence-corrected chi connectivity index (χ4v) is 3.98. The molecule has 0 saturated carbocycles. The van der Waals surface area contributed by atoms with E-state index in [0.717, 1.165) is 16.9 Å². The second-order valence-corrected chi connectivity index (χ2v) is 7.56. The maximum Gasteiger partial charge on any atom is 0.268 e. The zero-order chi connectivity index (χ0) is 19.4. The highest BCUT2D eigenvalue weighted by Crippen LogP contribution is 2.37. The maximum atomic E-state index is 13.1. The molecule has 0 aliphatic carbocycles. The average molecular weight is 402 g/mol. The Bertz CT molecular complexity index is 893. The number of halogens is 1. The summed E-state index contributed by atoms with van der Waals surface area (Å²) in [6, 6.07) is 14.5. The van der Waals surface area contributed by atoms with E-state index in [1.165, 1.54) is 16.7 Å². The van der Waals surface area contributed by atoms with Crippen LogP contribution in [-0.2, 0) is 16.1 Å². The van der Waals surface area contributed by atoms with E-state index in [1.54, 1.807) is 6.07 Å². The molecule has 2 amide bonds. The minimum Gasteiger partial charge on any atom is -0.494 e. The van der Waals surface area contributed by atoms with Crippen LogP contribution in [0.5, 0.6) is 5.75 Å². The van der Waals surface area contributed by atoms with E-state index in [1.807, 2.05) is 56.3 Å². The summed E-state index contributed by atoms with van der Waals surface area (Å²) < 4.78 is 5.46. The number of thioether (sulfide) groups is 1. The number of ether oxygens (including phenoxy) is 1. The Balaban J connectivity index is 1.94. The standard InChI is InChI=1S/C21H20ClNO3S/c1-3-26-16-11-9-14(10-12-16)18-19(27-4-2)21(25)23(20(18)24)13-15-7-5-6-8-17(15)22/h5-12H,3-4,13H2,1-2H3. The molecule has 0 unspecified atom stereocenters. The SMILES string of the molecule is CCOc1ccc(C2=C(SCC)C(=O)N(Cc3ccccc3Cl)C2=O)cc1. The summed E-state index contributed by atoms with van der Waals surface area (Å²) in [5, 5.41) is 0.539. The number of rotatable bonds is 7. The number of benzene rings is 2. The van der Waals surface area contributed by atoms with Gasteiger partial charge in [0.2, 0.25) is 0 Å². The van der Waals surface area contributed by atoms with Gasteiger partial charge in [-0.15, -0.1) is 11.8 Å². The van der Waals surface area contributed by atoms with Gasteiger partial charge in [-0.05, 0) is 42.0 Å². The van der Waals surface area contributed by atoms with Gasteiger partial charge in [-0.2, -0.15) is 0 Å². The van der Waals surface area contributed by atoms with Crippen LogP contribution in [0.1, 0.15) is 25.0 Å². The zero-order valence-electron chi connectivity index (χ0n) is 15.2. The Morgan fingerprint density at radius 1 is 1.00 bits per heavy atom. The van der Waals surface area contributed by atoms with Crippen molar-refractivity contribution in [1.82, 2.24) is 4.90 Å². The van der Waals surface area contributed by atoms with Crippen LogP contribution >= 0.6 is 23.4 Å². The molecule has 0 aromatic heterocycles. The van der Waals surface area contributed by atoms with Crippen LogP contribution in [0, 0.1) is 0 Å². The van der Waals surface area contributed by atoms with Crippen molar-refractivity contribution < 1.29 is 14.3 Å². The summed E-state index contributed by atoms with van der Waals surface area (Å²) in [4.78, 5) is 27.8. The fraction of sp³-hybridized carbons (Fsp3) is 0.238. The predicted molar refractivity (Wildman–Crippen MR) is 110 cm³/mol.